The van der Waals surface area contributed by atoms with Crippen molar-refractivity contribution in [1.82, 2.24) is 0 Å². The van der Waals surface area contributed by atoms with Crippen molar-refractivity contribution in [1.29, 1.82) is 0 Å². The minimum Gasteiger partial charge on any atom is -0.448 e. The lowest BCUT2D eigenvalue weighted by Crippen LogP contribution is -2.10. The monoisotopic (exact) mass is 329 g/mol. The molecular weight excluding hydrogens is 292 g/mol. The highest BCUT2D eigenvalue weighted by Crippen LogP contribution is 2.22. The van der Waals surface area contributed by atoms with Crippen LogP contribution in [0.25, 0.3) is 0 Å². The first-order valence-electron chi connectivity index (χ1n) is 8.64. The Morgan fingerprint density at radius 2 is 0.708 bits per heavy atom. The molecule has 24 heavy (non-hydrogen) atoms. The molecule has 0 aromatic heterocycles. The fraction of sp³-hybridized carbons (Fsp3) is 0.478. The van der Waals surface area contributed by atoms with Gasteiger partial charge in [-0.3, -0.25) is 0 Å². The van der Waals surface area contributed by atoms with Gasteiger partial charge in [-0.1, -0.05) is 101 Å². The van der Waals surface area contributed by atoms with E-state index in [0.717, 1.165) is 0 Å². The summed E-state index contributed by atoms with van der Waals surface area (Å²) in [7, 11) is 1.25. The van der Waals surface area contributed by atoms with E-state index in [1.54, 1.807) is 0 Å². The summed E-state index contributed by atoms with van der Waals surface area (Å²) in [5.41, 5.74) is 6.05. The van der Waals surface area contributed by atoms with Gasteiger partial charge in [0.05, 0.1) is 0 Å². The van der Waals surface area contributed by atoms with E-state index < -0.39 is 0 Å². The molecule has 0 heterocycles. The molecular formula is C23H37O+. The lowest BCUT2D eigenvalue weighted by atomic mass is 9.87. The Hall–Kier alpha value is -1.60. The molecule has 2 N–H and O–H groups in total. The zero-order valence-electron chi connectivity index (χ0n) is 17.1. The van der Waals surface area contributed by atoms with Crippen LogP contribution >= 0.6 is 0 Å². The summed E-state index contributed by atoms with van der Waals surface area (Å²) >= 11 is 0. The van der Waals surface area contributed by atoms with Crippen molar-refractivity contribution in [3.8, 4) is 0 Å². The second-order valence-electron chi connectivity index (χ2n) is 8.23. The van der Waals surface area contributed by atoms with E-state index in [9.17, 15) is 0 Å². The van der Waals surface area contributed by atoms with Gasteiger partial charge >= 0.3 is 0 Å². The Kier molecular flexibility index (Phi) is 8.99. The van der Waals surface area contributed by atoms with Crippen molar-refractivity contribution < 1.29 is 5.11 Å². The summed E-state index contributed by atoms with van der Waals surface area (Å²) < 4.78 is 0. The molecule has 0 bridgehead atoms. The van der Waals surface area contributed by atoms with Gasteiger partial charge in [0, 0.05) is 0 Å². The summed E-state index contributed by atoms with van der Waals surface area (Å²) in [6, 6.07) is 17.5. The highest BCUT2D eigenvalue weighted by molar-refractivity contribution is 5.27. The maximum absolute atomic E-state index is 5.75. The summed E-state index contributed by atoms with van der Waals surface area (Å²) in [5, 5.41) is 5.75. The van der Waals surface area contributed by atoms with Gasteiger partial charge in [0.1, 0.15) is 7.11 Å². The molecule has 0 saturated heterocycles. The SMILES string of the molecule is C[OH2+].Cc1ccc(C(C)(C)C)cc1.Cc1ccc(C(C)(C)C)cc1. The van der Waals surface area contributed by atoms with Crippen LogP contribution in [0.2, 0.25) is 0 Å². The van der Waals surface area contributed by atoms with Crippen LogP contribution < -0.4 is 0 Å². The number of rotatable bonds is 0. The third-order valence-corrected chi connectivity index (χ3v) is 3.84. The maximum Gasteiger partial charge on any atom is 0.133 e. The molecule has 134 valence electrons. The third-order valence-electron chi connectivity index (χ3n) is 3.84. The van der Waals surface area contributed by atoms with Gasteiger partial charge in [0.2, 0.25) is 0 Å². The standard InChI is InChI=1S/2C11H16.CH4O/c2*1-9-5-7-10(8-6-9)11(2,3)4;1-2/h2*5-8H,1-4H3;2H,1H3/p+1. The van der Waals surface area contributed by atoms with Gasteiger partial charge in [0.15, 0.2) is 0 Å². The van der Waals surface area contributed by atoms with Gasteiger partial charge in [-0.15, -0.1) is 0 Å². The van der Waals surface area contributed by atoms with Crippen molar-refractivity contribution in [2.75, 3.05) is 7.11 Å². The highest BCUT2D eigenvalue weighted by atomic mass is 16.2. The molecule has 0 amide bonds. The van der Waals surface area contributed by atoms with E-state index in [4.69, 9.17) is 5.11 Å². The molecule has 0 atom stereocenters. The molecule has 1 heteroatoms. The molecule has 0 aliphatic heterocycles. The fourth-order valence-corrected chi connectivity index (χ4v) is 2.11. The van der Waals surface area contributed by atoms with Crippen LogP contribution in [-0.2, 0) is 10.8 Å². The predicted octanol–water partition coefficient (Wildman–Crippen LogP) is 5.93. The minimum atomic E-state index is 0.285. The molecule has 0 aliphatic carbocycles. The second-order valence-corrected chi connectivity index (χ2v) is 8.23. The van der Waals surface area contributed by atoms with Crippen LogP contribution in [0.3, 0.4) is 0 Å². The van der Waals surface area contributed by atoms with E-state index >= 15 is 0 Å². The van der Waals surface area contributed by atoms with Crippen LogP contribution in [0.1, 0.15) is 63.8 Å². The van der Waals surface area contributed by atoms with Crippen molar-refractivity contribution >= 4 is 0 Å². The Balaban J connectivity index is 0.000000400. The van der Waals surface area contributed by atoms with Gasteiger partial charge in [-0.05, 0) is 35.8 Å². The Morgan fingerprint density at radius 1 is 0.500 bits per heavy atom. The zero-order valence-corrected chi connectivity index (χ0v) is 17.1. The number of aryl methyl sites for hydroxylation is 2. The molecule has 1 nitrogen and oxygen atoms in total. The van der Waals surface area contributed by atoms with Crippen LogP contribution in [0.15, 0.2) is 48.5 Å². The van der Waals surface area contributed by atoms with E-state index in [1.807, 2.05) is 0 Å². The van der Waals surface area contributed by atoms with E-state index in [1.165, 1.54) is 29.4 Å². The largest absolute Gasteiger partial charge is 0.448 e. The smallest absolute Gasteiger partial charge is 0.133 e. The first-order valence-corrected chi connectivity index (χ1v) is 8.64. The van der Waals surface area contributed by atoms with E-state index in [-0.39, 0.29) is 10.8 Å². The zero-order chi connectivity index (χ0) is 19.0. The van der Waals surface area contributed by atoms with Crippen molar-refractivity contribution in [2.24, 2.45) is 0 Å². The lowest BCUT2D eigenvalue weighted by Gasteiger charge is -2.18. The molecule has 0 fully saturated rings. The van der Waals surface area contributed by atoms with Crippen LogP contribution in [0.4, 0.5) is 0 Å². The molecule has 2 rings (SSSR count). The Bertz CT molecular complexity index is 508. The second kappa shape index (κ2) is 9.64. The fourth-order valence-electron chi connectivity index (χ4n) is 2.11. The van der Waals surface area contributed by atoms with Gasteiger partial charge in [-0.2, -0.15) is 0 Å². The number of hydrogen-bond acceptors (Lipinski definition) is 0. The molecule has 0 aliphatic rings. The first-order chi connectivity index (χ1) is 11.0. The Morgan fingerprint density at radius 3 is 0.875 bits per heavy atom. The molecule has 2 aromatic rings. The maximum atomic E-state index is 5.75. The summed E-state index contributed by atoms with van der Waals surface area (Å²) in [4.78, 5) is 0. The normalized spacial score (nSPS) is 10.9. The van der Waals surface area contributed by atoms with Gasteiger partial charge < -0.3 is 5.11 Å². The molecule has 2 aromatic carbocycles. The van der Waals surface area contributed by atoms with Crippen molar-refractivity contribution in [2.45, 2.75) is 66.2 Å². The van der Waals surface area contributed by atoms with Crippen molar-refractivity contribution in [3.05, 3.63) is 70.8 Å². The van der Waals surface area contributed by atoms with Gasteiger partial charge in [0.25, 0.3) is 0 Å². The van der Waals surface area contributed by atoms with Crippen molar-refractivity contribution in [3.63, 3.8) is 0 Å². The first kappa shape index (κ1) is 22.4. The number of benzene rings is 2. The quantitative estimate of drug-likeness (QED) is 0.535. The highest BCUT2D eigenvalue weighted by Gasteiger charge is 2.12. The molecule has 0 unspecified atom stereocenters. The van der Waals surface area contributed by atoms with E-state index in [0.29, 0.717) is 0 Å². The van der Waals surface area contributed by atoms with Crippen LogP contribution in [0, 0.1) is 13.8 Å². The van der Waals surface area contributed by atoms with Gasteiger partial charge in [-0.25, -0.2) is 0 Å². The summed E-state index contributed by atoms with van der Waals surface area (Å²) in [6.07, 6.45) is 0. The third kappa shape index (κ3) is 8.31. The van der Waals surface area contributed by atoms with Crippen LogP contribution in [-0.4, -0.2) is 12.2 Å². The summed E-state index contributed by atoms with van der Waals surface area (Å²) in [5.74, 6) is 0. The average molecular weight is 330 g/mol. The Labute approximate surface area is 149 Å². The topological polar surface area (TPSA) is 22.9 Å². The number of hydrogen-bond donors (Lipinski definition) is 0. The molecule has 0 spiro atoms. The van der Waals surface area contributed by atoms with Crippen LogP contribution in [0.5, 0.6) is 0 Å². The molecule has 0 saturated carbocycles. The molecule has 0 radical (unpaired) electrons. The summed E-state index contributed by atoms with van der Waals surface area (Å²) in [6.45, 7) is 17.6. The predicted molar refractivity (Wildman–Crippen MR) is 109 cm³/mol. The minimum absolute atomic E-state index is 0.285. The average Bonchev–Trinajstić information content (AvgIpc) is 2.49. The van der Waals surface area contributed by atoms with E-state index in [2.05, 4.69) is 104 Å². The lowest BCUT2D eigenvalue weighted by molar-refractivity contribution is 0.399.